The first-order valence-electron chi connectivity index (χ1n) is 8.98. The van der Waals surface area contributed by atoms with Crippen LogP contribution in [-0.2, 0) is 11.2 Å². The fourth-order valence-corrected chi connectivity index (χ4v) is 4.07. The van der Waals surface area contributed by atoms with Crippen LogP contribution in [0.3, 0.4) is 0 Å². The van der Waals surface area contributed by atoms with E-state index in [0.717, 1.165) is 30.7 Å². The standard InChI is InChI=1S/C20H24N2O3S/c1-3-14-11-18(26-13(14)2)20(24)22-17-9-5-4-8-16(17)19(23)21-12-15-7-6-10-25-15/h4-5,8-9,11,15H,3,6-7,10,12H2,1-2H3,(H,21,23)(H,22,24). The third-order valence-electron chi connectivity index (χ3n) is 4.56. The highest BCUT2D eigenvalue weighted by molar-refractivity contribution is 7.14. The molecule has 2 N–H and O–H groups in total. The van der Waals surface area contributed by atoms with Gasteiger partial charge < -0.3 is 15.4 Å². The van der Waals surface area contributed by atoms with Crippen LogP contribution in [0.1, 0.15) is 50.2 Å². The van der Waals surface area contributed by atoms with Crippen molar-refractivity contribution in [2.24, 2.45) is 0 Å². The van der Waals surface area contributed by atoms with E-state index in [1.54, 1.807) is 18.2 Å². The molecule has 6 heteroatoms. The summed E-state index contributed by atoms with van der Waals surface area (Å²) in [6.45, 7) is 5.34. The van der Waals surface area contributed by atoms with Crippen LogP contribution in [-0.4, -0.2) is 31.1 Å². The quantitative estimate of drug-likeness (QED) is 0.811. The molecular formula is C20H24N2O3S. The lowest BCUT2D eigenvalue weighted by atomic mass is 10.1. The first-order valence-corrected chi connectivity index (χ1v) is 9.79. The summed E-state index contributed by atoms with van der Waals surface area (Å²) >= 11 is 1.48. The maximum atomic E-state index is 12.6. The molecule has 1 aromatic heterocycles. The molecule has 1 saturated heterocycles. The van der Waals surface area contributed by atoms with Crippen molar-refractivity contribution >= 4 is 28.8 Å². The van der Waals surface area contributed by atoms with Gasteiger partial charge in [0, 0.05) is 18.0 Å². The van der Waals surface area contributed by atoms with Crippen molar-refractivity contribution in [3.63, 3.8) is 0 Å². The average molecular weight is 372 g/mol. The fourth-order valence-electron chi connectivity index (χ4n) is 3.06. The molecular weight excluding hydrogens is 348 g/mol. The van der Waals surface area contributed by atoms with Crippen LogP contribution < -0.4 is 10.6 Å². The molecule has 1 aliphatic heterocycles. The third-order valence-corrected chi connectivity index (χ3v) is 5.65. The van der Waals surface area contributed by atoms with E-state index in [1.807, 2.05) is 19.1 Å². The monoisotopic (exact) mass is 372 g/mol. The normalized spacial score (nSPS) is 16.5. The summed E-state index contributed by atoms with van der Waals surface area (Å²) in [5, 5.41) is 5.78. The summed E-state index contributed by atoms with van der Waals surface area (Å²) in [6.07, 6.45) is 2.99. The molecule has 1 aromatic carbocycles. The first kappa shape index (κ1) is 18.6. The number of para-hydroxylation sites is 1. The smallest absolute Gasteiger partial charge is 0.265 e. The summed E-state index contributed by atoms with van der Waals surface area (Å²) in [5.41, 5.74) is 2.16. The Morgan fingerprint density at radius 3 is 2.77 bits per heavy atom. The van der Waals surface area contributed by atoms with Gasteiger partial charge in [-0.3, -0.25) is 9.59 Å². The van der Waals surface area contributed by atoms with Crippen molar-refractivity contribution in [2.75, 3.05) is 18.5 Å². The number of carbonyl (C=O) groups excluding carboxylic acids is 2. The zero-order valence-corrected chi connectivity index (χ0v) is 15.9. The van der Waals surface area contributed by atoms with E-state index in [0.29, 0.717) is 22.7 Å². The average Bonchev–Trinajstić information content (AvgIpc) is 3.29. The van der Waals surface area contributed by atoms with Crippen LogP contribution in [0.5, 0.6) is 0 Å². The highest BCUT2D eigenvalue weighted by Gasteiger charge is 2.19. The van der Waals surface area contributed by atoms with E-state index in [2.05, 4.69) is 17.6 Å². The molecule has 26 heavy (non-hydrogen) atoms. The largest absolute Gasteiger partial charge is 0.376 e. The summed E-state index contributed by atoms with van der Waals surface area (Å²) < 4.78 is 5.53. The van der Waals surface area contributed by atoms with E-state index >= 15 is 0 Å². The van der Waals surface area contributed by atoms with Gasteiger partial charge in [-0.15, -0.1) is 11.3 Å². The number of benzene rings is 1. The Bertz CT molecular complexity index is 794. The number of aryl methyl sites for hydroxylation is 2. The molecule has 1 fully saturated rings. The van der Waals surface area contributed by atoms with E-state index < -0.39 is 0 Å². The van der Waals surface area contributed by atoms with Gasteiger partial charge in [0.25, 0.3) is 11.8 Å². The second-order valence-electron chi connectivity index (χ2n) is 6.39. The van der Waals surface area contributed by atoms with E-state index in [1.165, 1.54) is 16.9 Å². The van der Waals surface area contributed by atoms with Crippen LogP contribution >= 0.6 is 11.3 Å². The van der Waals surface area contributed by atoms with Crippen LogP contribution in [0.25, 0.3) is 0 Å². The number of anilines is 1. The molecule has 0 aliphatic carbocycles. The summed E-state index contributed by atoms with van der Waals surface area (Å²) in [6, 6.07) is 9.00. The lowest BCUT2D eigenvalue weighted by Gasteiger charge is -2.13. The second kappa shape index (κ2) is 8.47. The number of carbonyl (C=O) groups is 2. The van der Waals surface area contributed by atoms with Crippen molar-refractivity contribution in [1.29, 1.82) is 0 Å². The number of rotatable bonds is 6. The highest BCUT2D eigenvalue weighted by atomic mass is 32.1. The summed E-state index contributed by atoms with van der Waals surface area (Å²) in [4.78, 5) is 26.9. The molecule has 0 radical (unpaired) electrons. The lowest BCUT2D eigenvalue weighted by Crippen LogP contribution is -2.32. The molecule has 2 heterocycles. The van der Waals surface area contributed by atoms with Crippen LogP contribution in [0.4, 0.5) is 5.69 Å². The number of hydrogen-bond donors (Lipinski definition) is 2. The Kier molecular flexibility index (Phi) is 6.06. The van der Waals surface area contributed by atoms with Crippen molar-refractivity contribution in [1.82, 2.24) is 5.32 Å². The molecule has 0 saturated carbocycles. The van der Waals surface area contributed by atoms with Crippen LogP contribution in [0.15, 0.2) is 30.3 Å². The maximum absolute atomic E-state index is 12.6. The first-order chi connectivity index (χ1) is 12.6. The van der Waals surface area contributed by atoms with Crippen LogP contribution in [0.2, 0.25) is 0 Å². The van der Waals surface area contributed by atoms with Gasteiger partial charge in [-0.2, -0.15) is 0 Å². The summed E-state index contributed by atoms with van der Waals surface area (Å²) in [7, 11) is 0. The van der Waals surface area contributed by atoms with Gasteiger partial charge in [0.05, 0.1) is 22.2 Å². The topological polar surface area (TPSA) is 67.4 Å². The number of amides is 2. The van der Waals surface area contributed by atoms with Crippen molar-refractivity contribution < 1.29 is 14.3 Å². The number of nitrogens with one attached hydrogen (secondary N) is 2. The van der Waals surface area contributed by atoms with Crippen LogP contribution in [0, 0.1) is 6.92 Å². The van der Waals surface area contributed by atoms with Crippen molar-refractivity contribution in [2.45, 2.75) is 39.2 Å². The lowest BCUT2D eigenvalue weighted by molar-refractivity contribution is 0.0858. The molecule has 2 aromatic rings. The van der Waals surface area contributed by atoms with Gasteiger partial charge in [-0.05, 0) is 49.9 Å². The van der Waals surface area contributed by atoms with Gasteiger partial charge >= 0.3 is 0 Å². The molecule has 1 aliphatic rings. The second-order valence-corrected chi connectivity index (χ2v) is 7.65. The molecule has 2 amide bonds. The minimum absolute atomic E-state index is 0.0854. The predicted molar refractivity (Wildman–Crippen MR) is 104 cm³/mol. The molecule has 3 rings (SSSR count). The Labute approximate surface area is 157 Å². The van der Waals surface area contributed by atoms with E-state index in [9.17, 15) is 9.59 Å². The predicted octanol–water partition coefficient (Wildman–Crippen LogP) is 3.78. The molecule has 0 spiro atoms. The Hall–Kier alpha value is -2.18. The van der Waals surface area contributed by atoms with Crippen molar-refractivity contribution in [3.8, 4) is 0 Å². The van der Waals surface area contributed by atoms with E-state index in [-0.39, 0.29) is 17.9 Å². The molecule has 1 unspecified atom stereocenters. The number of thiophene rings is 1. The summed E-state index contributed by atoms with van der Waals surface area (Å²) in [5.74, 6) is -0.384. The minimum atomic E-state index is -0.201. The zero-order valence-electron chi connectivity index (χ0n) is 15.1. The van der Waals surface area contributed by atoms with Gasteiger partial charge in [0.15, 0.2) is 0 Å². The molecule has 1 atom stereocenters. The molecule has 138 valence electrons. The Balaban J connectivity index is 1.69. The van der Waals surface area contributed by atoms with Crippen molar-refractivity contribution in [3.05, 3.63) is 51.2 Å². The van der Waals surface area contributed by atoms with Gasteiger partial charge in [0.1, 0.15) is 0 Å². The fraction of sp³-hybridized carbons (Fsp3) is 0.400. The van der Waals surface area contributed by atoms with Gasteiger partial charge in [-0.25, -0.2) is 0 Å². The highest BCUT2D eigenvalue weighted by Crippen LogP contribution is 2.24. The van der Waals surface area contributed by atoms with Gasteiger partial charge in [0.2, 0.25) is 0 Å². The number of hydrogen-bond acceptors (Lipinski definition) is 4. The molecule has 0 bridgehead atoms. The Morgan fingerprint density at radius 2 is 2.08 bits per heavy atom. The minimum Gasteiger partial charge on any atom is -0.376 e. The molecule has 5 nitrogen and oxygen atoms in total. The number of ether oxygens (including phenoxy) is 1. The van der Waals surface area contributed by atoms with E-state index in [4.69, 9.17) is 4.74 Å². The third kappa shape index (κ3) is 4.31. The Morgan fingerprint density at radius 1 is 1.27 bits per heavy atom. The van der Waals surface area contributed by atoms with Gasteiger partial charge in [-0.1, -0.05) is 19.1 Å². The zero-order chi connectivity index (χ0) is 18.5. The maximum Gasteiger partial charge on any atom is 0.265 e. The SMILES string of the molecule is CCc1cc(C(=O)Nc2ccccc2C(=O)NCC2CCCO2)sc1C.